The summed E-state index contributed by atoms with van der Waals surface area (Å²) in [6.45, 7) is 1.64. The number of hydrogen-bond donors (Lipinski definition) is 1. The first kappa shape index (κ1) is 7.16. The lowest BCUT2D eigenvalue weighted by Crippen LogP contribution is -2.27. The standard InChI is InChI=1S/C9H8NO2/c1-6-9(11)10-7-4-2-3-5-8(7)12-6/h2-5H,1H3,(H,10,11). The van der Waals surface area contributed by atoms with Crippen molar-refractivity contribution in [1.29, 1.82) is 0 Å². The highest BCUT2D eigenvalue weighted by Gasteiger charge is 2.23. The average Bonchev–Trinajstić information content (AvgIpc) is 2.07. The Morgan fingerprint density at radius 3 is 2.92 bits per heavy atom. The largest absolute Gasteiger partial charge is 0.471 e. The van der Waals surface area contributed by atoms with E-state index >= 15 is 0 Å². The van der Waals surface area contributed by atoms with E-state index in [0.29, 0.717) is 11.9 Å². The van der Waals surface area contributed by atoms with Gasteiger partial charge in [-0.2, -0.15) is 0 Å². The molecule has 1 aliphatic rings. The lowest BCUT2D eigenvalue weighted by Gasteiger charge is -2.21. The molecule has 2 rings (SSSR count). The van der Waals surface area contributed by atoms with Crippen LogP contribution in [-0.4, -0.2) is 5.91 Å². The maximum absolute atomic E-state index is 11.1. The van der Waals surface area contributed by atoms with Crippen LogP contribution in [-0.2, 0) is 4.79 Å². The van der Waals surface area contributed by atoms with Crippen LogP contribution in [0.1, 0.15) is 6.92 Å². The summed E-state index contributed by atoms with van der Waals surface area (Å²) in [6, 6.07) is 7.34. The minimum absolute atomic E-state index is 0.172. The third kappa shape index (κ3) is 1.03. The number of benzene rings is 1. The van der Waals surface area contributed by atoms with E-state index in [1.165, 1.54) is 0 Å². The van der Waals surface area contributed by atoms with Crippen LogP contribution in [0.25, 0.3) is 0 Å². The van der Waals surface area contributed by atoms with Crippen LogP contribution in [0.5, 0.6) is 5.75 Å². The van der Waals surface area contributed by atoms with Crippen molar-refractivity contribution < 1.29 is 9.53 Å². The fourth-order valence-corrected chi connectivity index (χ4v) is 1.08. The predicted octanol–water partition coefficient (Wildman–Crippen LogP) is 1.57. The van der Waals surface area contributed by atoms with E-state index in [-0.39, 0.29) is 5.91 Å². The number of ether oxygens (including phenoxy) is 1. The highest BCUT2D eigenvalue weighted by atomic mass is 16.5. The van der Waals surface area contributed by atoms with Crippen molar-refractivity contribution in [2.45, 2.75) is 6.92 Å². The predicted molar refractivity (Wildman–Crippen MR) is 44.6 cm³/mol. The van der Waals surface area contributed by atoms with Crippen molar-refractivity contribution in [1.82, 2.24) is 0 Å². The number of nitrogens with one attached hydrogen (secondary N) is 1. The summed E-state index contributed by atoms with van der Waals surface area (Å²) in [6.07, 6.45) is 0.383. The molecule has 1 aromatic rings. The molecule has 1 N–H and O–H groups in total. The van der Waals surface area contributed by atoms with Gasteiger partial charge in [-0.05, 0) is 19.1 Å². The zero-order chi connectivity index (χ0) is 8.55. The topological polar surface area (TPSA) is 38.3 Å². The van der Waals surface area contributed by atoms with Gasteiger partial charge >= 0.3 is 0 Å². The van der Waals surface area contributed by atoms with Gasteiger partial charge in [-0.15, -0.1) is 0 Å². The molecule has 0 aliphatic carbocycles. The second-order valence-electron chi connectivity index (χ2n) is 2.61. The summed E-state index contributed by atoms with van der Waals surface area (Å²) in [7, 11) is 0. The maximum atomic E-state index is 11.1. The molecule has 1 aromatic carbocycles. The Labute approximate surface area is 70.3 Å². The summed E-state index contributed by atoms with van der Waals surface area (Å²) in [5.74, 6) is 0.531. The Morgan fingerprint density at radius 2 is 2.08 bits per heavy atom. The van der Waals surface area contributed by atoms with Gasteiger partial charge in [0.15, 0.2) is 0 Å². The molecule has 0 atom stereocenters. The van der Waals surface area contributed by atoms with E-state index in [2.05, 4.69) is 5.32 Å². The third-order valence-corrected chi connectivity index (χ3v) is 1.72. The molecule has 61 valence electrons. The molecule has 0 fully saturated rings. The SMILES string of the molecule is C[C]1Oc2ccccc2NC1=O. The molecule has 12 heavy (non-hydrogen) atoms. The molecule has 1 aliphatic heterocycles. The van der Waals surface area contributed by atoms with Crippen molar-refractivity contribution in [3.63, 3.8) is 0 Å². The van der Waals surface area contributed by atoms with Crippen molar-refractivity contribution in [3.8, 4) is 5.75 Å². The minimum atomic E-state index is -0.172. The van der Waals surface area contributed by atoms with Gasteiger partial charge < -0.3 is 10.1 Å². The summed E-state index contributed by atoms with van der Waals surface area (Å²) in [5, 5.41) is 2.71. The quantitative estimate of drug-likeness (QED) is 0.628. The Bertz CT molecular complexity index is 322. The van der Waals surface area contributed by atoms with Crippen molar-refractivity contribution in [3.05, 3.63) is 30.4 Å². The Kier molecular flexibility index (Phi) is 1.50. The Morgan fingerprint density at radius 1 is 1.33 bits per heavy atom. The number of hydrogen-bond acceptors (Lipinski definition) is 2. The number of anilines is 1. The van der Waals surface area contributed by atoms with Gasteiger partial charge in [0.05, 0.1) is 5.69 Å². The molecule has 0 saturated carbocycles. The van der Waals surface area contributed by atoms with Crippen molar-refractivity contribution in [2.75, 3.05) is 5.32 Å². The minimum Gasteiger partial charge on any atom is -0.471 e. The highest BCUT2D eigenvalue weighted by Crippen LogP contribution is 2.30. The van der Waals surface area contributed by atoms with Gasteiger partial charge in [-0.25, -0.2) is 0 Å². The summed E-state index contributed by atoms with van der Waals surface area (Å²) >= 11 is 0. The Hall–Kier alpha value is -1.51. The lowest BCUT2D eigenvalue weighted by molar-refractivity contribution is -0.117. The second-order valence-corrected chi connectivity index (χ2v) is 2.61. The van der Waals surface area contributed by atoms with Crippen LogP contribution in [0.4, 0.5) is 5.69 Å². The van der Waals surface area contributed by atoms with E-state index in [4.69, 9.17) is 4.74 Å². The van der Waals surface area contributed by atoms with Gasteiger partial charge in [-0.1, -0.05) is 12.1 Å². The van der Waals surface area contributed by atoms with Gasteiger partial charge in [-0.3, -0.25) is 4.79 Å². The smallest absolute Gasteiger partial charge is 0.273 e. The molecular formula is C9H8NO2. The van der Waals surface area contributed by atoms with Gasteiger partial charge in [0.25, 0.3) is 5.91 Å². The zero-order valence-corrected chi connectivity index (χ0v) is 6.63. The number of carbonyl (C=O) groups excluding carboxylic acids is 1. The van der Waals surface area contributed by atoms with Crippen LogP contribution in [0.15, 0.2) is 24.3 Å². The lowest BCUT2D eigenvalue weighted by atomic mass is 10.2. The fourth-order valence-electron chi connectivity index (χ4n) is 1.08. The van der Waals surface area contributed by atoms with Crippen molar-refractivity contribution in [2.24, 2.45) is 0 Å². The fraction of sp³-hybridized carbons (Fsp3) is 0.111. The Balaban J connectivity index is 2.40. The van der Waals surface area contributed by atoms with Crippen LogP contribution in [0.2, 0.25) is 0 Å². The maximum Gasteiger partial charge on any atom is 0.273 e. The average molecular weight is 162 g/mol. The molecule has 3 heteroatoms. The third-order valence-electron chi connectivity index (χ3n) is 1.72. The zero-order valence-electron chi connectivity index (χ0n) is 6.63. The molecule has 1 heterocycles. The van der Waals surface area contributed by atoms with E-state index in [1.807, 2.05) is 18.2 Å². The molecular weight excluding hydrogens is 154 g/mol. The number of para-hydroxylation sites is 2. The number of carbonyl (C=O) groups is 1. The molecule has 0 spiro atoms. The van der Waals surface area contributed by atoms with Gasteiger partial charge in [0.1, 0.15) is 5.75 Å². The number of rotatable bonds is 0. The molecule has 0 aromatic heterocycles. The summed E-state index contributed by atoms with van der Waals surface area (Å²) < 4.78 is 5.25. The summed E-state index contributed by atoms with van der Waals surface area (Å²) in [5.41, 5.74) is 0.730. The number of fused-ring (bicyclic) bond motifs is 1. The molecule has 0 bridgehead atoms. The van der Waals surface area contributed by atoms with E-state index in [1.54, 1.807) is 13.0 Å². The highest BCUT2D eigenvalue weighted by molar-refractivity contribution is 6.02. The van der Waals surface area contributed by atoms with E-state index < -0.39 is 0 Å². The molecule has 0 unspecified atom stereocenters. The number of amides is 1. The first-order valence-corrected chi connectivity index (χ1v) is 3.69. The van der Waals surface area contributed by atoms with Gasteiger partial charge in [0, 0.05) is 0 Å². The van der Waals surface area contributed by atoms with Crippen LogP contribution < -0.4 is 10.1 Å². The van der Waals surface area contributed by atoms with Crippen LogP contribution in [0.3, 0.4) is 0 Å². The molecule has 1 radical (unpaired) electrons. The monoisotopic (exact) mass is 162 g/mol. The van der Waals surface area contributed by atoms with E-state index in [9.17, 15) is 4.79 Å². The summed E-state index contributed by atoms with van der Waals surface area (Å²) in [4.78, 5) is 11.1. The second kappa shape index (κ2) is 2.52. The molecule has 1 amide bonds. The van der Waals surface area contributed by atoms with Crippen molar-refractivity contribution >= 4 is 11.6 Å². The first-order chi connectivity index (χ1) is 5.77. The molecule has 0 saturated heterocycles. The molecule has 3 nitrogen and oxygen atoms in total. The van der Waals surface area contributed by atoms with Crippen LogP contribution in [0, 0.1) is 6.10 Å². The first-order valence-electron chi connectivity index (χ1n) is 3.69. The normalized spacial score (nSPS) is 16.2. The van der Waals surface area contributed by atoms with Crippen LogP contribution >= 0.6 is 0 Å². The van der Waals surface area contributed by atoms with E-state index in [0.717, 1.165) is 5.69 Å². The van der Waals surface area contributed by atoms with Gasteiger partial charge in [0.2, 0.25) is 6.10 Å².